The van der Waals surface area contributed by atoms with Crippen molar-refractivity contribution >= 4 is 0 Å². The van der Waals surface area contributed by atoms with Crippen molar-refractivity contribution in [2.45, 2.75) is 25.9 Å². The van der Waals surface area contributed by atoms with Gasteiger partial charge in [-0.2, -0.15) is 0 Å². The SMILES string of the molecule is OCCCn1cc[n+](CCCO)c1. The highest BCUT2D eigenvalue weighted by Crippen LogP contribution is 1.89. The molecule has 0 aliphatic heterocycles. The summed E-state index contributed by atoms with van der Waals surface area (Å²) in [5.74, 6) is 0. The van der Waals surface area contributed by atoms with Crippen LogP contribution in [-0.2, 0) is 13.1 Å². The molecule has 0 amide bonds. The van der Waals surface area contributed by atoms with Gasteiger partial charge in [-0.25, -0.2) is 9.13 Å². The number of imidazole rings is 1. The molecular formula is C9H17N2O2+. The Bertz CT molecular complexity index is 213. The summed E-state index contributed by atoms with van der Waals surface area (Å²) in [5.41, 5.74) is 0. The summed E-state index contributed by atoms with van der Waals surface area (Å²) in [6.45, 7) is 2.16. The molecule has 1 aromatic rings. The molecule has 0 radical (unpaired) electrons. The highest BCUT2D eigenvalue weighted by atomic mass is 16.3. The van der Waals surface area contributed by atoms with Crippen molar-refractivity contribution < 1.29 is 14.8 Å². The van der Waals surface area contributed by atoms with Gasteiger partial charge in [0.25, 0.3) is 0 Å². The van der Waals surface area contributed by atoms with Crippen LogP contribution in [0.15, 0.2) is 18.7 Å². The summed E-state index contributed by atoms with van der Waals surface area (Å²) in [6, 6.07) is 0. The van der Waals surface area contributed by atoms with E-state index < -0.39 is 0 Å². The Hall–Kier alpha value is -0.870. The minimum atomic E-state index is 0.231. The van der Waals surface area contributed by atoms with Gasteiger partial charge in [-0.3, -0.25) is 0 Å². The van der Waals surface area contributed by atoms with E-state index in [1.165, 1.54) is 0 Å². The van der Waals surface area contributed by atoms with E-state index in [0.29, 0.717) is 0 Å². The number of aliphatic hydroxyl groups is 2. The Kier molecular flexibility index (Phi) is 4.49. The highest BCUT2D eigenvalue weighted by Gasteiger charge is 2.01. The average Bonchev–Trinajstić information content (AvgIpc) is 2.59. The molecular weight excluding hydrogens is 168 g/mol. The first kappa shape index (κ1) is 10.2. The fourth-order valence-electron chi connectivity index (χ4n) is 1.21. The van der Waals surface area contributed by atoms with Crippen molar-refractivity contribution in [3.63, 3.8) is 0 Å². The average molecular weight is 185 g/mol. The van der Waals surface area contributed by atoms with E-state index >= 15 is 0 Å². The summed E-state index contributed by atoms with van der Waals surface area (Å²) in [5, 5.41) is 17.2. The lowest BCUT2D eigenvalue weighted by atomic mass is 10.4. The van der Waals surface area contributed by atoms with E-state index in [-0.39, 0.29) is 13.2 Å². The van der Waals surface area contributed by atoms with Gasteiger partial charge in [-0.05, 0) is 0 Å². The summed E-state index contributed by atoms with van der Waals surface area (Å²) < 4.78 is 4.07. The van der Waals surface area contributed by atoms with Gasteiger partial charge in [-0.1, -0.05) is 0 Å². The Morgan fingerprint density at radius 1 is 1.15 bits per heavy atom. The third-order valence-electron chi connectivity index (χ3n) is 1.90. The van der Waals surface area contributed by atoms with Crippen molar-refractivity contribution in [2.75, 3.05) is 13.2 Å². The Morgan fingerprint density at radius 3 is 2.62 bits per heavy atom. The zero-order chi connectivity index (χ0) is 9.52. The normalized spacial score (nSPS) is 10.6. The molecule has 4 heteroatoms. The van der Waals surface area contributed by atoms with E-state index in [1.54, 1.807) is 0 Å². The predicted molar refractivity (Wildman–Crippen MR) is 48.0 cm³/mol. The van der Waals surface area contributed by atoms with Gasteiger partial charge >= 0.3 is 0 Å². The van der Waals surface area contributed by atoms with E-state index in [1.807, 2.05) is 27.9 Å². The molecule has 1 heterocycles. The molecule has 0 aliphatic carbocycles. The smallest absolute Gasteiger partial charge is 0.243 e. The third-order valence-corrected chi connectivity index (χ3v) is 1.90. The Morgan fingerprint density at radius 2 is 1.92 bits per heavy atom. The van der Waals surface area contributed by atoms with E-state index in [4.69, 9.17) is 10.2 Å². The van der Waals surface area contributed by atoms with Crippen LogP contribution in [-0.4, -0.2) is 28.0 Å². The topological polar surface area (TPSA) is 49.3 Å². The number of nitrogens with zero attached hydrogens (tertiary/aromatic N) is 2. The van der Waals surface area contributed by atoms with Crippen LogP contribution in [0.25, 0.3) is 0 Å². The van der Waals surface area contributed by atoms with Gasteiger partial charge in [0.2, 0.25) is 6.33 Å². The standard InChI is InChI=1S/C9H17N2O2/c12-7-1-3-10-5-6-11(9-10)4-2-8-13/h5-6,9,12-13H,1-4,7-8H2/q+1. The summed E-state index contributed by atoms with van der Waals surface area (Å²) >= 11 is 0. The number of aryl methyl sites for hydroxylation is 2. The zero-order valence-corrected chi connectivity index (χ0v) is 7.76. The fraction of sp³-hybridized carbons (Fsp3) is 0.667. The first-order valence-corrected chi connectivity index (χ1v) is 4.63. The second-order valence-corrected chi connectivity index (χ2v) is 3.04. The number of aromatic nitrogens is 2. The molecule has 2 N–H and O–H groups in total. The van der Waals surface area contributed by atoms with E-state index in [2.05, 4.69) is 0 Å². The lowest BCUT2D eigenvalue weighted by molar-refractivity contribution is -0.697. The van der Waals surface area contributed by atoms with Crippen molar-refractivity contribution in [2.24, 2.45) is 0 Å². The summed E-state index contributed by atoms with van der Waals surface area (Å²) in [4.78, 5) is 0. The molecule has 0 spiro atoms. The van der Waals surface area contributed by atoms with Crippen LogP contribution in [0, 0.1) is 0 Å². The fourth-order valence-corrected chi connectivity index (χ4v) is 1.21. The highest BCUT2D eigenvalue weighted by molar-refractivity contribution is 4.65. The molecule has 1 rings (SSSR count). The van der Waals surface area contributed by atoms with Crippen LogP contribution in [0.3, 0.4) is 0 Å². The maximum absolute atomic E-state index is 8.62. The monoisotopic (exact) mass is 185 g/mol. The molecule has 0 bridgehead atoms. The van der Waals surface area contributed by atoms with Crippen molar-refractivity contribution in [1.29, 1.82) is 0 Å². The number of hydrogen-bond donors (Lipinski definition) is 2. The molecule has 0 fully saturated rings. The second kappa shape index (κ2) is 5.72. The van der Waals surface area contributed by atoms with Crippen LogP contribution >= 0.6 is 0 Å². The van der Waals surface area contributed by atoms with E-state index in [0.717, 1.165) is 25.9 Å². The van der Waals surface area contributed by atoms with Gasteiger partial charge < -0.3 is 10.2 Å². The molecule has 0 saturated carbocycles. The summed E-state index contributed by atoms with van der Waals surface area (Å²) in [7, 11) is 0. The summed E-state index contributed by atoms with van der Waals surface area (Å²) in [6.07, 6.45) is 7.52. The van der Waals surface area contributed by atoms with E-state index in [9.17, 15) is 0 Å². The second-order valence-electron chi connectivity index (χ2n) is 3.04. The van der Waals surface area contributed by atoms with Gasteiger partial charge in [0.1, 0.15) is 12.4 Å². The molecule has 1 aromatic heterocycles. The van der Waals surface area contributed by atoms with Crippen LogP contribution in [0.5, 0.6) is 0 Å². The van der Waals surface area contributed by atoms with Gasteiger partial charge in [0.15, 0.2) is 0 Å². The molecule has 0 atom stereocenters. The minimum Gasteiger partial charge on any atom is -0.396 e. The predicted octanol–water partition coefficient (Wildman–Crippen LogP) is -0.460. The molecule has 74 valence electrons. The first-order valence-electron chi connectivity index (χ1n) is 4.63. The minimum absolute atomic E-state index is 0.231. The quantitative estimate of drug-likeness (QED) is 0.589. The number of rotatable bonds is 6. The van der Waals surface area contributed by atoms with Crippen molar-refractivity contribution in [3.05, 3.63) is 18.7 Å². The largest absolute Gasteiger partial charge is 0.396 e. The Balaban J connectivity index is 2.34. The van der Waals surface area contributed by atoms with Gasteiger partial charge in [-0.15, -0.1) is 0 Å². The lowest BCUT2D eigenvalue weighted by Gasteiger charge is -1.93. The van der Waals surface area contributed by atoms with Gasteiger partial charge in [0.05, 0.1) is 13.1 Å². The van der Waals surface area contributed by atoms with Crippen molar-refractivity contribution in [3.8, 4) is 0 Å². The molecule has 0 aromatic carbocycles. The van der Waals surface area contributed by atoms with Crippen LogP contribution in [0.1, 0.15) is 12.8 Å². The maximum Gasteiger partial charge on any atom is 0.243 e. The number of aliphatic hydroxyl groups excluding tert-OH is 2. The lowest BCUT2D eigenvalue weighted by Crippen LogP contribution is -2.31. The molecule has 4 nitrogen and oxygen atoms in total. The molecule has 0 saturated heterocycles. The number of hydrogen-bond acceptors (Lipinski definition) is 2. The van der Waals surface area contributed by atoms with Gasteiger partial charge in [0, 0.05) is 26.1 Å². The van der Waals surface area contributed by atoms with Crippen LogP contribution in [0.2, 0.25) is 0 Å². The van der Waals surface area contributed by atoms with Crippen molar-refractivity contribution in [1.82, 2.24) is 4.57 Å². The molecule has 0 aliphatic rings. The zero-order valence-electron chi connectivity index (χ0n) is 7.76. The van der Waals surface area contributed by atoms with Crippen LogP contribution < -0.4 is 4.57 Å². The molecule has 0 unspecified atom stereocenters. The van der Waals surface area contributed by atoms with Crippen LogP contribution in [0.4, 0.5) is 0 Å². The first-order chi connectivity index (χ1) is 6.36. The molecule has 13 heavy (non-hydrogen) atoms. The third kappa shape index (κ3) is 3.57. The Labute approximate surface area is 78.1 Å². The maximum atomic E-state index is 8.62.